The van der Waals surface area contributed by atoms with E-state index in [1.165, 1.54) is 23.1 Å². The van der Waals surface area contributed by atoms with E-state index < -0.39 is 40.2 Å². The van der Waals surface area contributed by atoms with Crippen molar-refractivity contribution in [3.63, 3.8) is 0 Å². The first-order valence-corrected chi connectivity index (χ1v) is 12.7. The molecule has 0 unspecified atom stereocenters. The summed E-state index contributed by atoms with van der Waals surface area (Å²) in [5, 5.41) is 2.74. The first-order chi connectivity index (χ1) is 15.5. The van der Waals surface area contributed by atoms with Crippen LogP contribution in [-0.4, -0.2) is 50.5 Å². The molecule has 0 bridgehead atoms. The van der Waals surface area contributed by atoms with Gasteiger partial charge in [0.05, 0.1) is 11.9 Å². The van der Waals surface area contributed by atoms with Gasteiger partial charge in [0.2, 0.25) is 21.8 Å². The molecule has 2 rings (SSSR count). The van der Waals surface area contributed by atoms with Crippen molar-refractivity contribution >= 4 is 27.5 Å². The second-order valence-corrected chi connectivity index (χ2v) is 10.0. The molecule has 180 valence electrons. The van der Waals surface area contributed by atoms with Gasteiger partial charge in [-0.25, -0.2) is 12.8 Å². The van der Waals surface area contributed by atoms with Gasteiger partial charge in [-0.05, 0) is 56.5 Å². The summed E-state index contributed by atoms with van der Waals surface area (Å²) < 4.78 is 40.5. The Morgan fingerprint density at radius 3 is 2.33 bits per heavy atom. The minimum atomic E-state index is -3.81. The van der Waals surface area contributed by atoms with Crippen LogP contribution >= 0.6 is 0 Å². The Bertz CT molecular complexity index is 1100. The lowest BCUT2D eigenvalue weighted by Gasteiger charge is -2.31. The molecule has 33 heavy (non-hydrogen) atoms. The van der Waals surface area contributed by atoms with Crippen LogP contribution < -0.4 is 9.62 Å². The zero-order valence-electron chi connectivity index (χ0n) is 19.8. The number of rotatable bonds is 10. The summed E-state index contributed by atoms with van der Waals surface area (Å²) in [5.74, 6) is -1.51. The topological polar surface area (TPSA) is 86.8 Å². The Balaban J connectivity index is 2.40. The second kappa shape index (κ2) is 11.3. The minimum Gasteiger partial charge on any atom is -0.354 e. The summed E-state index contributed by atoms with van der Waals surface area (Å²) in [6, 6.07) is 10.2. The van der Waals surface area contributed by atoms with E-state index in [1.807, 2.05) is 20.8 Å². The molecule has 0 spiro atoms. The maximum Gasteiger partial charge on any atom is 0.244 e. The van der Waals surface area contributed by atoms with Crippen LogP contribution in [0.15, 0.2) is 42.5 Å². The Labute approximate surface area is 195 Å². The minimum absolute atomic E-state index is 0.170. The van der Waals surface area contributed by atoms with Crippen molar-refractivity contribution in [2.75, 3.05) is 23.7 Å². The smallest absolute Gasteiger partial charge is 0.244 e. The maximum absolute atomic E-state index is 14.3. The third-order valence-corrected chi connectivity index (χ3v) is 6.61. The summed E-state index contributed by atoms with van der Waals surface area (Å²) in [6.45, 7) is 6.96. The third kappa shape index (κ3) is 7.02. The van der Waals surface area contributed by atoms with Crippen molar-refractivity contribution in [1.82, 2.24) is 10.2 Å². The zero-order valence-corrected chi connectivity index (χ0v) is 20.6. The molecule has 7 nitrogen and oxygen atoms in total. The fourth-order valence-electron chi connectivity index (χ4n) is 3.28. The third-order valence-electron chi connectivity index (χ3n) is 5.47. The zero-order chi connectivity index (χ0) is 24.8. The Morgan fingerprint density at radius 1 is 1.09 bits per heavy atom. The summed E-state index contributed by atoms with van der Waals surface area (Å²) in [6.07, 6.45) is 1.74. The van der Waals surface area contributed by atoms with Crippen LogP contribution in [0.4, 0.5) is 10.1 Å². The lowest BCUT2D eigenvalue weighted by atomic mass is 10.1. The molecule has 2 aromatic rings. The van der Waals surface area contributed by atoms with Crippen molar-refractivity contribution in [3.05, 3.63) is 65.0 Å². The predicted molar refractivity (Wildman–Crippen MR) is 128 cm³/mol. The fourth-order valence-corrected chi connectivity index (χ4v) is 4.12. The van der Waals surface area contributed by atoms with Crippen LogP contribution in [-0.2, 0) is 26.2 Å². The van der Waals surface area contributed by atoms with Gasteiger partial charge in [0.25, 0.3) is 0 Å². The number of hydrogen-bond donors (Lipinski definition) is 1. The predicted octanol–water partition coefficient (Wildman–Crippen LogP) is 3.15. The molecular weight excluding hydrogens is 445 g/mol. The number of anilines is 1. The highest BCUT2D eigenvalue weighted by Crippen LogP contribution is 2.22. The second-order valence-electron chi connectivity index (χ2n) is 8.12. The van der Waals surface area contributed by atoms with Gasteiger partial charge < -0.3 is 10.2 Å². The van der Waals surface area contributed by atoms with E-state index in [2.05, 4.69) is 5.32 Å². The Hall–Kier alpha value is -2.94. The molecule has 0 aliphatic rings. The molecule has 0 aromatic heterocycles. The number of aryl methyl sites for hydroxylation is 2. The molecule has 1 atom stereocenters. The van der Waals surface area contributed by atoms with E-state index in [1.54, 1.807) is 31.2 Å². The number of hydrogen-bond acceptors (Lipinski definition) is 4. The van der Waals surface area contributed by atoms with Crippen LogP contribution in [0, 0.1) is 19.7 Å². The highest BCUT2D eigenvalue weighted by atomic mass is 32.2. The highest BCUT2D eigenvalue weighted by Gasteiger charge is 2.30. The van der Waals surface area contributed by atoms with Crippen molar-refractivity contribution in [2.24, 2.45) is 0 Å². The van der Waals surface area contributed by atoms with Crippen molar-refractivity contribution in [2.45, 2.75) is 46.7 Å². The Morgan fingerprint density at radius 2 is 1.76 bits per heavy atom. The van der Waals surface area contributed by atoms with Crippen molar-refractivity contribution in [3.8, 4) is 0 Å². The molecule has 9 heteroatoms. The summed E-state index contributed by atoms with van der Waals surface area (Å²) in [7, 11) is -3.81. The SMILES string of the molecule is CCCNC(=O)[C@H](C)N(Cc1ccccc1F)C(=O)CN(c1ccc(C)c(C)c1)S(C)(=O)=O. The van der Waals surface area contributed by atoms with E-state index in [9.17, 15) is 22.4 Å². The number of carbonyl (C=O) groups excluding carboxylic acids is 2. The van der Waals surface area contributed by atoms with Crippen molar-refractivity contribution < 1.29 is 22.4 Å². The largest absolute Gasteiger partial charge is 0.354 e. The highest BCUT2D eigenvalue weighted by molar-refractivity contribution is 7.92. The molecule has 0 aliphatic carbocycles. The van der Waals surface area contributed by atoms with Gasteiger partial charge in [0.15, 0.2) is 0 Å². The molecule has 2 amide bonds. The molecule has 2 aromatic carbocycles. The number of benzene rings is 2. The fraction of sp³-hybridized carbons (Fsp3) is 0.417. The number of sulfonamides is 1. The molecule has 0 fully saturated rings. The standard InChI is InChI=1S/C24H32FN3O4S/c1-6-13-26-24(30)19(4)27(15-20-9-7-8-10-22(20)25)23(29)16-28(33(5,31)32)21-12-11-17(2)18(3)14-21/h7-12,14,19H,6,13,15-16H2,1-5H3,(H,26,30)/t19-/m0/s1. The van der Waals surface area contributed by atoms with E-state index in [0.29, 0.717) is 18.7 Å². The molecule has 0 saturated carbocycles. The molecule has 0 saturated heterocycles. The molecule has 1 N–H and O–H groups in total. The van der Waals surface area contributed by atoms with Gasteiger partial charge in [-0.1, -0.05) is 31.2 Å². The van der Waals surface area contributed by atoms with E-state index in [0.717, 1.165) is 21.7 Å². The van der Waals surface area contributed by atoms with Crippen LogP contribution in [0.25, 0.3) is 0 Å². The average molecular weight is 478 g/mol. The van der Waals surface area contributed by atoms with Crippen LogP contribution in [0.1, 0.15) is 37.0 Å². The van der Waals surface area contributed by atoms with Gasteiger partial charge in [0, 0.05) is 18.7 Å². The van der Waals surface area contributed by atoms with Gasteiger partial charge in [0.1, 0.15) is 18.4 Å². The molecular formula is C24H32FN3O4S. The number of halogens is 1. The number of nitrogens with zero attached hydrogens (tertiary/aromatic N) is 2. The summed E-state index contributed by atoms with van der Waals surface area (Å²) in [5.41, 5.74) is 2.45. The summed E-state index contributed by atoms with van der Waals surface area (Å²) >= 11 is 0. The number of amides is 2. The quantitative estimate of drug-likeness (QED) is 0.570. The van der Waals surface area contributed by atoms with Crippen LogP contribution in [0.5, 0.6) is 0 Å². The van der Waals surface area contributed by atoms with Crippen LogP contribution in [0.3, 0.4) is 0 Å². The maximum atomic E-state index is 14.3. The van der Waals surface area contributed by atoms with Gasteiger partial charge in [-0.3, -0.25) is 13.9 Å². The lowest BCUT2D eigenvalue weighted by molar-refractivity contribution is -0.139. The van der Waals surface area contributed by atoms with Gasteiger partial charge >= 0.3 is 0 Å². The van der Waals surface area contributed by atoms with Crippen molar-refractivity contribution in [1.29, 1.82) is 0 Å². The molecule has 0 aliphatic heterocycles. The van der Waals surface area contributed by atoms with E-state index in [4.69, 9.17) is 0 Å². The van der Waals surface area contributed by atoms with Crippen LogP contribution in [0.2, 0.25) is 0 Å². The normalized spacial score (nSPS) is 12.2. The lowest BCUT2D eigenvalue weighted by Crippen LogP contribution is -2.51. The first kappa shape index (κ1) is 26.3. The van der Waals surface area contributed by atoms with E-state index >= 15 is 0 Å². The first-order valence-electron chi connectivity index (χ1n) is 10.8. The monoisotopic (exact) mass is 477 g/mol. The van der Waals surface area contributed by atoms with Gasteiger partial charge in [-0.15, -0.1) is 0 Å². The average Bonchev–Trinajstić information content (AvgIpc) is 2.75. The van der Waals surface area contributed by atoms with E-state index in [-0.39, 0.29) is 12.1 Å². The summed E-state index contributed by atoms with van der Waals surface area (Å²) in [4.78, 5) is 27.2. The van der Waals surface area contributed by atoms with Gasteiger partial charge in [-0.2, -0.15) is 0 Å². The Kier molecular flexibility index (Phi) is 8.99. The number of nitrogens with one attached hydrogen (secondary N) is 1. The molecule has 0 radical (unpaired) electrons. The number of carbonyl (C=O) groups is 2. The molecule has 0 heterocycles.